The minimum atomic E-state index is -0.992. The van der Waals surface area contributed by atoms with Crippen LogP contribution in [0, 0.1) is 0 Å². The number of aryl methyl sites for hydroxylation is 2. The van der Waals surface area contributed by atoms with E-state index in [1.807, 2.05) is 13.8 Å². The number of halogens is 1. The molecule has 0 saturated carbocycles. The number of aliphatic carboxylic acids is 1. The van der Waals surface area contributed by atoms with Crippen molar-refractivity contribution in [2.24, 2.45) is 5.73 Å². The summed E-state index contributed by atoms with van der Waals surface area (Å²) in [6.45, 7) is 4.68. The number of carbonyl (C=O) groups is 1. The fourth-order valence-corrected chi connectivity index (χ4v) is 2.23. The van der Waals surface area contributed by atoms with E-state index in [0.29, 0.717) is 6.54 Å². The summed E-state index contributed by atoms with van der Waals surface area (Å²) < 4.78 is 2.68. The Balaban J connectivity index is 3.01. The average Bonchev–Trinajstić information content (AvgIpc) is 2.55. The van der Waals surface area contributed by atoms with Crippen molar-refractivity contribution in [3.63, 3.8) is 0 Å². The molecule has 1 aromatic rings. The molecule has 0 aromatic carbocycles. The Hall–Kier alpha value is -0.880. The van der Waals surface area contributed by atoms with Crippen LogP contribution < -0.4 is 5.73 Å². The Morgan fingerprint density at radius 2 is 2.25 bits per heavy atom. The van der Waals surface area contributed by atoms with E-state index in [9.17, 15) is 4.79 Å². The maximum atomic E-state index is 10.7. The second kappa shape index (κ2) is 5.45. The van der Waals surface area contributed by atoms with Crippen LogP contribution in [-0.4, -0.2) is 26.9 Å². The highest BCUT2D eigenvalue weighted by Gasteiger charge is 2.19. The molecule has 3 N–H and O–H groups in total. The van der Waals surface area contributed by atoms with Crippen molar-refractivity contribution in [3.8, 4) is 0 Å². The van der Waals surface area contributed by atoms with Crippen molar-refractivity contribution in [3.05, 3.63) is 15.9 Å². The first-order chi connectivity index (χ1) is 7.51. The Bertz CT molecular complexity index is 390. The molecular formula is C10H16BrN3O2. The lowest BCUT2D eigenvalue weighted by molar-refractivity contribution is -0.138. The van der Waals surface area contributed by atoms with Crippen LogP contribution in [-0.2, 0) is 24.2 Å². The first kappa shape index (κ1) is 13.2. The zero-order valence-electron chi connectivity index (χ0n) is 9.40. The molecule has 0 aliphatic rings. The van der Waals surface area contributed by atoms with Gasteiger partial charge in [0.2, 0.25) is 0 Å². The molecule has 0 saturated heterocycles. The summed E-state index contributed by atoms with van der Waals surface area (Å²) in [4.78, 5) is 10.7. The highest BCUT2D eigenvalue weighted by molar-refractivity contribution is 9.10. The molecule has 1 atom stereocenters. The van der Waals surface area contributed by atoms with Gasteiger partial charge < -0.3 is 10.8 Å². The van der Waals surface area contributed by atoms with Crippen LogP contribution in [0.4, 0.5) is 0 Å². The fraction of sp³-hybridized carbons (Fsp3) is 0.600. The number of hydrogen-bond acceptors (Lipinski definition) is 3. The van der Waals surface area contributed by atoms with Gasteiger partial charge in [0.05, 0.1) is 15.9 Å². The molecule has 0 fully saturated rings. The lowest BCUT2D eigenvalue weighted by Gasteiger charge is -2.08. The second-order valence-corrected chi connectivity index (χ2v) is 4.32. The molecule has 1 unspecified atom stereocenters. The predicted molar refractivity (Wildman–Crippen MR) is 64.3 cm³/mol. The van der Waals surface area contributed by atoms with Gasteiger partial charge in [-0.15, -0.1) is 0 Å². The van der Waals surface area contributed by atoms with Crippen LogP contribution in [0.1, 0.15) is 25.2 Å². The number of aromatic nitrogens is 2. The molecule has 1 aromatic heterocycles. The summed E-state index contributed by atoms with van der Waals surface area (Å²) in [6.07, 6.45) is 1.10. The van der Waals surface area contributed by atoms with E-state index in [2.05, 4.69) is 21.0 Å². The third-order valence-electron chi connectivity index (χ3n) is 2.42. The van der Waals surface area contributed by atoms with Crippen LogP contribution in [0.3, 0.4) is 0 Å². The smallest absolute Gasteiger partial charge is 0.320 e. The molecule has 16 heavy (non-hydrogen) atoms. The normalized spacial score (nSPS) is 12.8. The Labute approximate surface area is 103 Å². The standard InChI is InChI=1S/C10H16BrN3O2/c1-3-7-9(11)8(14(4-2)13-7)5-6(12)10(15)16/h6H,3-5,12H2,1-2H3,(H,15,16). The molecule has 0 aliphatic carbocycles. The molecule has 90 valence electrons. The fourth-order valence-electron chi connectivity index (χ4n) is 1.51. The van der Waals surface area contributed by atoms with E-state index in [4.69, 9.17) is 10.8 Å². The first-order valence-corrected chi connectivity index (χ1v) is 6.02. The van der Waals surface area contributed by atoms with Crippen LogP contribution in [0.5, 0.6) is 0 Å². The van der Waals surface area contributed by atoms with Gasteiger partial charge in [-0.25, -0.2) is 0 Å². The maximum absolute atomic E-state index is 10.7. The molecule has 0 spiro atoms. The van der Waals surface area contributed by atoms with E-state index >= 15 is 0 Å². The summed E-state index contributed by atoms with van der Waals surface area (Å²) in [5.41, 5.74) is 7.33. The number of hydrogen-bond donors (Lipinski definition) is 2. The van der Waals surface area contributed by atoms with Crippen LogP contribution >= 0.6 is 15.9 Å². The molecule has 5 nitrogen and oxygen atoms in total. The number of nitrogens with zero attached hydrogens (tertiary/aromatic N) is 2. The van der Waals surface area contributed by atoms with Gasteiger partial charge in [0.1, 0.15) is 6.04 Å². The van der Waals surface area contributed by atoms with Crippen LogP contribution in [0.2, 0.25) is 0 Å². The summed E-state index contributed by atoms with van der Waals surface area (Å²) >= 11 is 3.45. The van der Waals surface area contributed by atoms with Crippen molar-refractivity contribution in [2.45, 2.75) is 39.3 Å². The highest BCUT2D eigenvalue weighted by Crippen LogP contribution is 2.23. The van der Waals surface area contributed by atoms with Gasteiger partial charge >= 0.3 is 5.97 Å². The van der Waals surface area contributed by atoms with Gasteiger partial charge in [0, 0.05) is 13.0 Å². The quantitative estimate of drug-likeness (QED) is 0.853. The summed E-state index contributed by atoms with van der Waals surface area (Å²) in [7, 11) is 0. The third-order valence-corrected chi connectivity index (χ3v) is 3.34. The van der Waals surface area contributed by atoms with E-state index in [0.717, 1.165) is 22.3 Å². The lowest BCUT2D eigenvalue weighted by Crippen LogP contribution is -2.33. The van der Waals surface area contributed by atoms with Crippen LogP contribution in [0.15, 0.2) is 4.47 Å². The topological polar surface area (TPSA) is 81.1 Å². The molecule has 1 heterocycles. The molecule has 1 rings (SSSR count). The average molecular weight is 290 g/mol. The van der Waals surface area contributed by atoms with Gasteiger partial charge in [0.15, 0.2) is 0 Å². The number of carboxylic acid groups (broad SMARTS) is 1. The van der Waals surface area contributed by atoms with Gasteiger partial charge in [-0.3, -0.25) is 9.48 Å². The van der Waals surface area contributed by atoms with Crippen molar-refractivity contribution in [2.75, 3.05) is 0 Å². The summed E-state index contributed by atoms with van der Waals surface area (Å²) in [6, 6.07) is -0.886. The molecule has 0 bridgehead atoms. The zero-order valence-corrected chi connectivity index (χ0v) is 11.0. The maximum Gasteiger partial charge on any atom is 0.320 e. The number of carboxylic acids is 1. The number of rotatable bonds is 5. The Kier molecular flexibility index (Phi) is 4.49. The summed E-state index contributed by atoms with van der Waals surface area (Å²) in [5.74, 6) is -0.992. The predicted octanol–water partition coefficient (Wildman–Crippen LogP) is 1.18. The van der Waals surface area contributed by atoms with E-state index < -0.39 is 12.0 Å². The third kappa shape index (κ3) is 2.62. The van der Waals surface area contributed by atoms with Crippen molar-refractivity contribution < 1.29 is 9.90 Å². The summed E-state index contributed by atoms with van der Waals surface area (Å²) in [5, 5.41) is 13.2. The van der Waals surface area contributed by atoms with Gasteiger partial charge in [0.25, 0.3) is 0 Å². The van der Waals surface area contributed by atoms with Crippen molar-refractivity contribution >= 4 is 21.9 Å². The van der Waals surface area contributed by atoms with E-state index in [1.165, 1.54) is 0 Å². The minimum absolute atomic E-state index is 0.288. The number of nitrogens with two attached hydrogens (primary N) is 1. The molecule has 6 heteroatoms. The van der Waals surface area contributed by atoms with Gasteiger partial charge in [-0.05, 0) is 29.3 Å². The molecular weight excluding hydrogens is 274 g/mol. The highest BCUT2D eigenvalue weighted by atomic mass is 79.9. The lowest BCUT2D eigenvalue weighted by atomic mass is 10.1. The molecule has 0 radical (unpaired) electrons. The van der Waals surface area contributed by atoms with Crippen molar-refractivity contribution in [1.29, 1.82) is 0 Å². The van der Waals surface area contributed by atoms with E-state index in [1.54, 1.807) is 4.68 Å². The Morgan fingerprint density at radius 3 is 2.69 bits per heavy atom. The van der Waals surface area contributed by atoms with Crippen molar-refractivity contribution in [1.82, 2.24) is 9.78 Å². The van der Waals surface area contributed by atoms with Crippen LogP contribution in [0.25, 0.3) is 0 Å². The van der Waals surface area contributed by atoms with Gasteiger partial charge in [-0.1, -0.05) is 6.92 Å². The largest absolute Gasteiger partial charge is 0.480 e. The SMILES string of the molecule is CCc1nn(CC)c(CC(N)C(=O)O)c1Br. The molecule has 0 amide bonds. The molecule has 0 aliphatic heterocycles. The second-order valence-electron chi connectivity index (χ2n) is 3.53. The van der Waals surface area contributed by atoms with E-state index in [-0.39, 0.29) is 6.42 Å². The minimum Gasteiger partial charge on any atom is -0.480 e. The van der Waals surface area contributed by atoms with Gasteiger partial charge in [-0.2, -0.15) is 5.10 Å². The first-order valence-electron chi connectivity index (χ1n) is 5.23. The zero-order chi connectivity index (χ0) is 12.3. The Morgan fingerprint density at radius 1 is 1.62 bits per heavy atom. The monoisotopic (exact) mass is 289 g/mol.